The maximum absolute atomic E-state index is 13.0. The number of amides is 3. The fraction of sp³-hybridized carbons (Fsp3) is 0.568. The summed E-state index contributed by atoms with van der Waals surface area (Å²) < 4.78 is 8.90. The predicted octanol–water partition coefficient (Wildman–Crippen LogP) is 3.18. The standard InChI is InChI=1S/C37H48N8O5/c1-24-22-38-35-34(24)28(39-23-40-35)20-26-5-8-27(9-6-26)43-14-16-44(17-15-43)33(47)13-19-50-18-3-4-25-7-10-29-31(21-25)42(2)37(49)45(29)30-11-12-32(46)41-36(30)48/h7,10,21-23,26-27,30H,3-6,8-9,11-20H2,1-2H3,(H,38,39,40)(H,41,46,48). The number of imidazole rings is 1. The summed E-state index contributed by atoms with van der Waals surface area (Å²) in [6.07, 6.45) is 12.0. The monoisotopic (exact) mass is 684 g/mol. The number of carbonyl (C=O) groups excluding carboxylic acids is 3. The molecule has 0 spiro atoms. The number of aromatic amines is 1. The molecule has 7 rings (SSSR count). The lowest BCUT2D eigenvalue weighted by atomic mass is 9.82. The number of hydrogen-bond donors (Lipinski definition) is 2. The van der Waals surface area contributed by atoms with Crippen molar-refractivity contribution < 1.29 is 19.1 Å². The van der Waals surface area contributed by atoms with E-state index < -0.39 is 11.9 Å². The minimum Gasteiger partial charge on any atom is -0.381 e. The Hall–Kier alpha value is -4.36. The topological polar surface area (TPSA) is 147 Å². The van der Waals surface area contributed by atoms with Crippen molar-refractivity contribution >= 4 is 39.8 Å². The second-order valence-corrected chi connectivity index (χ2v) is 14.3. The van der Waals surface area contributed by atoms with Gasteiger partial charge in [0.2, 0.25) is 17.7 Å². The summed E-state index contributed by atoms with van der Waals surface area (Å²) in [5.74, 6) is 0.0770. The molecule has 3 fully saturated rings. The Kier molecular flexibility index (Phi) is 10.1. The molecule has 3 aliphatic rings. The van der Waals surface area contributed by atoms with Gasteiger partial charge in [-0.2, -0.15) is 0 Å². The van der Waals surface area contributed by atoms with Crippen molar-refractivity contribution in [2.75, 3.05) is 39.4 Å². The second kappa shape index (κ2) is 14.9. The van der Waals surface area contributed by atoms with Crippen LogP contribution in [0, 0.1) is 12.8 Å². The second-order valence-electron chi connectivity index (χ2n) is 14.3. The van der Waals surface area contributed by atoms with Crippen LogP contribution in [0.2, 0.25) is 0 Å². The Labute approximate surface area is 291 Å². The van der Waals surface area contributed by atoms with Crippen molar-refractivity contribution in [1.29, 1.82) is 0 Å². The van der Waals surface area contributed by atoms with E-state index in [-0.39, 0.29) is 23.9 Å². The fourth-order valence-corrected chi connectivity index (χ4v) is 8.27. The van der Waals surface area contributed by atoms with Gasteiger partial charge in [0.05, 0.1) is 29.8 Å². The lowest BCUT2D eigenvalue weighted by Crippen LogP contribution is -2.52. The Morgan fingerprint density at radius 2 is 1.78 bits per heavy atom. The highest BCUT2D eigenvalue weighted by Crippen LogP contribution is 2.32. The van der Waals surface area contributed by atoms with E-state index in [2.05, 4.69) is 32.1 Å². The highest BCUT2D eigenvalue weighted by atomic mass is 16.5. The lowest BCUT2D eigenvalue weighted by molar-refractivity contribution is -0.136. The highest BCUT2D eigenvalue weighted by molar-refractivity contribution is 6.00. The molecular weight excluding hydrogens is 636 g/mol. The number of aromatic nitrogens is 5. The molecule has 1 saturated carbocycles. The number of nitrogens with zero attached hydrogens (tertiary/aromatic N) is 6. The summed E-state index contributed by atoms with van der Waals surface area (Å²) in [5.41, 5.74) is 5.55. The number of nitrogens with one attached hydrogen (secondary N) is 2. The molecule has 0 bridgehead atoms. The summed E-state index contributed by atoms with van der Waals surface area (Å²) in [6.45, 7) is 6.50. The number of hydrogen-bond acceptors (Lipinski definition) is 8. The van der Waals surface area contributed by atoms with Crippen LogP contribution in [0.1, 0.15) is 74.2 Å². The normalized spacial score (nSPS) is 22.0. The molecule has 2 aliphatic heterocycles. The van der Waals surface area contributed by atoms with E-state index in [9.17, 15) is 19.2 Å². The quantitative estimate of drug-likeness (QED) is 0.181. The van der Waals surface area contributed by atoms with Crippen molar-refractivity contribution in [3.63, 3.8) is 0 Å². The summed E-state index contributed by atoms with van der Waals surface area (Å²) >= 11 is 0. The third-order valence-electron chi connectivity index (χ3n) is 11.1. The minimum atomic E-state index is -0.691. The largest absolute Gasteiger partial charge is 0.381 e. The lowest BCUT2D eigenvalue weighted by Gasteiger charge is -2.42. The molecule has 13 heteroatoms. The third-order valence-corrected chi connectivity index (χ3v) is 11.1. The van der Waals surface area contributed by atoms with E-state index in [1.54, 1.807) is 17.9 Å². The number of piperazine rings is 1. The molecule has 1 atom stereocenters. The number of piperidine rings is 1. The molecule has 0 radical (unpaired) electrons. The average Bonchev–Trinajstić information content (AvgIpc) is 3.63. The molecule has 1 aliphatic carbocycles. The maximum Gasteiger partial charge on any atom is 0.329 e. The van der Waals surface area contributed by atoms with Crippen LogP contribution in [0.15, 0.2) is 35.5 Å². The van der Waals surface area contributed by atoms with Crippen LogP contribution in [0.25, 0.3) is 22.1 Å². The van der Waals surface area contributed by atoms with E-state index in [1.165, 1.54) is 46.9 Å². The van der Waals surface area contributed by atoms with Gasteiger partial charge in [-0.1, -0.05) is 6.07 Å². The Balaban J connectivity index is 0.797. The number of H-pyrrole nitrogens is 1. The van der Waals surface area contributed by atoms with Crippen LogP contribution in [0.4, 0.5) is 0 Å². The van der Waals surface area contributed by atoms with Crippen LogP contribution >= 0.6 is 0 Å². The van der Waals surface area contributed by atoms with Crippen molar-refractivity contribution in [1.82, 2.24) is 39.2 Å². The van der Waals surface area contributed by atoms with E-state index in [4.69, 9.17) is 4.74 Å². The third kappa shape index (κ3) is 7.11. The number of carbonyl (C=O) groups is 3. The zero-order valence-electron chi connectivity index (χ0n) is 29.2. The number of rotatable bonds is 11. The Morgan fingerprint density at radius 3 is 2.56 bits per heavy atom. The van der Waals surface area contributed by atoms with Crippen molar-refractivity contribution in [3.05, 3.63) is 58.0 Å². The van der Waals surface area contributed by atoms with Crippen LogP contribution in [-0.2, 0) is 39.0 Å². The van der Waals surface area contributed by atoms with Gasteiger partial charge >= 0.3 is 5.69 Å². The first-order valence-corrected chi connectivity index (χ1v) is 18.2. The van der Waals surface area contributed by atoms with E-state index in [0.29, 0.717) is 43.5 Å². The first-order chi connectivity index (χ1) is 24.3. The van der Waals surface area contributed by atoms with Gasteiger partial charge in [0.15, 0.2) is 0 Å². The summed E-state index contributed by atoms with van der Waals surface area (Å²) in [5, 5.41) is 3.53. The minimum absolute atomic E-state index is 0.163. The zero-order chi connectivity index (χ0) is 34.8. The van der Waals surface area contributed by atoms with Gasteiger partial charge < -0.3 is 14.6 Å². The maximum atomic E-state index is 13.0. The number of imide groups is 1. The number of benzene rings is 1. The van der Waals surface area contributed by atoms with E-state index in [0.717, 1.165) is 62.2 Å². The summed E-state index contributed by atoms with van der Waals surface area (Å²) in [7, 11) is 1.70. The first kappa shape index (κ1) is 34.1. The SMILES string of the molecule is Cc1c[nH]c2ncnc(CC3CCC(N4CCN(C(=O)CCOCCCc5ccc6c(c5)n(C)c(=O)n6C5CCC(=O)NC5=O)CC4)CC3)c12. The number of fused-ring (bicyclic) bond motifs is 2. The Morgan fingerprint density at radius 1 is 0.980 bits per heavy atom. The zero-order valence-corrected chi connectivity index (χ0v) is 29.2. The molecule has 3 aromatic heterocycles. The van der Waals surface area contributed by atoms with Gasteiger partial charge in [0, 0.05) is 63.9 Å². The molecule has 266 valence electrons. The van der Waals surface area contributed by atoms with E-state index in [1.807, 2.05) is 29.3 Å². The summed E-state index contributed by atoms with van der Waals surface area (Å²) in [4.78, 5) is 66.8. The fourth-order valence-electron chi connectivity index (χ4n) is 8.27. The van der Waals surface area contributed by atoms with Gasteiger partial charge in [-0.3, -0.25) is 33.7 Å². The predicted molar refractivity (Wildman–Crippen MR) is 189 cm³/mol. The number of aryl methyl sites for hydroxylation is 3. The van der Waals surface area contributed by atoms with Gasteiger partial charge in [0.1, 0.15) is 18.0 Å². The molecule has 2 saturated heterocycles. The Bertz CT molecular complexity index is 1930. The molecule has 1 unspecified atom stereocenters. The molecule has 3 amide bonds. The average molecular weight is 685 g/mol. The molecule has 4 aromatic rings. The molecular formula is C37H48N8O5. The van der Waals surface area contributed by atoms with Crippen LogP contribution in [0.3, 0.4) is 0 Å². The van der Waals surface area contributed by atoms with Gasteiger partial charge in [-0.15, -0.1) is 0 Å². The summed E-state index contributed by atoms with van der Waals surface area (Å²) in [6, 6.07) is 5.74. The molecule has 13 nitrogen and oxygen atoms in total. The van der Waals surface area contributed by atoms with Gasteiger partial charge in [0.25, 0.3) is 0 Å². The van der Waals surface area contributed by atoms with Crippen molar-refractivity contribution in [2.24, 2.45) is 13.0 Å². The molecule has 5 heterocycles. The van der Waals surface area contributed by atoms with Crippen molar-refractivity contribution in [2.45, 2.75) is 83.2 Å². The smallest absolute Gasteiger partial charge is 0.329 e. The molecule has 1 aromatic carbocycles. The van der Waals surface area contributed by atoms with Crippen LogP contribution < -0.4 is 11.0 Å². The van der Waals surface area contributed by atoms with Crippen LogP contribution in [0.5, 0.6) is 0 Å². The highest BCUT2D eigenvalue weighted by Gasteiger charge is 2.32. The first-order valence-electron chi connectivity index (χ1n) is 18.2. The molecule has 2 N–H and O–H groups in total. The van der Waals surface area contributed by atoms with E-state index >= 15 is 0 Å². The van der Waals surface area contributed by atoms with Crippen LogP contribution in [-0.4, -0.2) is 97.0 Å². The van der Waals surface area contributed by atoms with Crippen molar-refractivity contribution in [3.8, 4) is 0 Å². The van der Waals surface area contributed by atoms with Gasteiger partial charge in [-0.05, 0) is 87.5 Å². The number of ether oxygens (including phenoxy) is 1. The van der Waals surface area contributed by atoms with Gasteiger partial charge in [-0.25, -0.2) is 14.8 Å². The molecule has 50 heavy (non-hydrogen) atoms.